The fourth-order valence-corrected chi connectivity index (χ4v) is 7.19. The fourth-order valence-electron chi connectivity index (χ4n) is 7.19. The van der Waals surface area contributed by atoms with Crippen molar-refractivity contribution < 1.29 is 38.2 Å². The maximum absolute atomic E-state index is 14.0. The Balaban J connectivity index is 1.02. The largest absolute Gasteiger partial charge is 0.490 e. The van der Waals surface area contributed by atoms with Crippen LogP contribution in [0.3, 0.4) is 0 Å². The van der Waals surface area contributed by atoms with Gasteiger partial charge in [0.25, 0.3) is 11.8 Å². The first-order valence-electron chi connectivity index (χ1n) is 19.2. The highest BCUT2D eigenvalue weighted by molar-refractivity contribution is 6.20. The molecule has 0 aromatic heterocycles. The van der Waals surface area contributed by atoms with Crippen LogP contribution < -0.4 is 15.8 Å². The second-order valence-corrected chi connectivity index (χ2v) is 15.4. The molecule has 296 valence electrons. The average molecular weight is 774 g/mol. The van der Waals surface area contributed by atoms with Crippen molar-refractivity contribution >= 4 is 29.8 Å². The first kappa shape index (κ1) is 39.0. The summed E-state index contributed by atoms with van der Waals surface area (Å²) < 4.78 is 17.6. The van der Waals surface area contributed by atoms with E-state index in [2.05, 4.69) is 5.32 Å². The van der Waals surface area contributed by atoms with Gasteiger partial charge in [0.05, 0.1) is 17.2 Å². The molecule has 4 aromatic rings. The highest BCUT2D eigenvalue weighted by Crippen LogP contribution is 2.31. The van der Waals surface area contributed by atoms with Crippen molar-refractivity contribution in [2.45, 2.75) is 89.4 Å². The monoisotopic (exact) mass is 773 g/mol. The van der Waals surface area contributed by atoms with E-state index in [4.69, 9.17) is 29.8 Å². The van der Waals surface area contributed by atoms with Crippen molar-refractivity contribution in [3.63, 3.8) is 0 Å². The lowest BCUT2D eigenvalue weighted by Gasteiger charge is -2.29. The third kappa shape index (κ3) is 9.43. The second kappa shape index (κ2) is 16.9. The van der Waals surface area contributed by atoms with E-state index in [1.807, 2.05) is 98.5 Å². The van der Waals surface area contributed by atoms with Gasteiger partial charge in [-0.1, -0.05) is 78.9 Å². The number of rotatable bonds is 11. The average Bonchev–Trinajstić information content (AvgIpc) is 3.74. The zero-order chi connectivity index (χ0) is 40.1. The number of carbonyl (C=O) groups is 4. The summed E-state index contributed by atoms with van der Waals surface area (Å²) in [6.45, 7) is 6.23. The molecule has 3 N–H and O–H groups in total. The summed E-state index contributed by atoms with van der Waals surface area (Å²) in [6.07, 6.45) is 0.461. The van der Waals surface area contributed by atoms with Gasteiger partial charge in [-0.15, -0.1) is 5.06 Å². The molecular weight excluding hydrogens is 727 g/mol. The molecule has 2 heterocycles. The molecule has 3 aliphatic rings. The van der Waals surface area contributed by atoms with Gasteiger partial charge in [-0.25, -0.2) is 19.4 Å². The van der Waals surface area contributed by atoms with E-state index in [0.717, 1.165) is 47.9 Å². The highest BCUT2D eigenvalue weighted by Gasteiger charge is 2.41. The number of guanidine groups is 1. The maximum atomic E-state index is 14.0. The quantitative estimate of drug-likeness (QED) is 0.0749. The lowest BCUT2D eigenvalue weighted by atomic mass is 9.91. The number of imide groups is 1. The molecule has 4 aromatic carbocycles. The standard InChI is InChI=1S/C44H47N5O8/c1-44(2,3)56-43(53)47-33-21-19-32(20-22-33)46-42(45)48-25-30-18-23-34(24-31(30)26-48)54-27-37(57-49-39(50)35-16-10-11-17-36(35)40(49)51)41(52)55-38(28-12-6-4-7-13-28)29-14-8-5-9-15-29/h4-18,23-24,32-33,37-38H,19-22,25-27H2,1-3H3,(H2,45,46)(H,47,53)/t32?,33?,37-/m0/s1. The number of nitrogens with zero attached hydrogens (tertiary/aromatic N) is 3. The predicted molar refractivity (Wildman–Crippen MR) is 211 cm³/mol. The van der Waals surface area contributed by atoms with Crippen molar-refractivity contribution in [1.29, 1.82) is 0 Å². The SMILES string of the molecule is CC(C)(C)OC(=O)NC1CCC(N=C(N)N2Cc3ccc(OC[C@H](ON4C(=O)c5ccccc5C4=O)C(=O)OC(c4ccccc4)c4ccccc4)cc3C2)CC1. The molecule has 0 spiro atoms. The van der Waals surface area contributed by atoms with E-state index in [1.165, 1.54) is 12.1 Å². The lowest BCUT2D eigenvalue weighted by molar-refractivity contribution is -0.187. The van der Waals surface area contributed by atoms with E-state index in [0.29, 0.717) is 29.9 Å². The number of benzene rings is 4. The summed E-state index contributed by atoms with van der Waals surface area (Å²) in [7, 11) is 0. The van der Waals surface area contributed by atoms with Crippen LogP contribution in [0.5, 0.6) is 5.75 Å². The number of nitrogens with two attached hydrogens (primary N) is 1. The molecule has 0 saturated heterocycles. The van der Waals surface area contributed by atoms with Crippen LogP contribution in [-0.4, -0.2) is 70.2 Å². The third-order valence-electron chi connectivity index (χ3n) is 10.0. The predicted octanol–water partition coefficient (Wildman–Crippen LogP) is 6.46. The number of aliphatic imine (C=N–C) groups is 1. The Morgan fingerprint density at radius 3 is 1.98 bits per heavy atom. The number of fused-ring (bicyclic) bond motifs is 2. The molecule has 1 fully saturated rings. The minimum atomic E-state index is -1.50. The fraction of sp³-hybridized carbons (Fsp3) is 0.341. The first-order chi connectivity index (χ1) is 27.4. The molecule has 0 radical (unpaired) electrons. The van der Waals surface area contributed by atoms with Gasteiger partial charge in [-0.2, -0.15) is 0 Å². The number of amides is 3. The van der Waals surface area contributed by atoms with Crippen LogP contribution in [0.1, 0.15) is 95.5 Å². The first-order valence-corrected chi connectivity index (χ1v) is 19.2. The van der Waals surface area contributed by atoms with Crippen LogP contribution in [0.15, 0.2) is 108 Å². The van der Waals surface area contributed by atoms with Crippen molar-refractivity contribution in [3.8, 4) is 5.75 Å². The Morgan fingerprint density at radius 2 is 1.39 bits per heavy atom. The summed E-state index contributed by atoms with van der Waals surface area (Å²) in [5.74, 6) is -1.29. The smallest absolute Gasteiger partial charge is 0.407 e. The van der Waals surface area contributed by atoms with E-state index in [9.17, 15) is 19.2 Å². The molecule has 0 bridgehead atoms. The van der Waals surface area contributed by atoms with E-state index < -0.39 is 41.7 Å². The topological polar surface area (TPSA) is 162 Å². The Kier molecular flexibility index (Phi) is 11.6. The summed E-state index contributed by atoms with van der Waals surface area (Å²) in [6, 6.07) is 30.6. The molecule has 13 heteroatoms. The van der Waals surface area contributed by atoms with E-state index in [1.54, 1.807) is 18.2 Å². The van der Waals surface area contributed by atoms with Gasteiger partial charge < -0.3 is 30.2 Å². The van der Waals surface area contributed by atoms with Crippen LogP contribution in [0.25, 0.3) is 0 Å². The minimum absolute atomic E-state index is 0.0376. The summed E-state index contributed by atoms with van der Waals surface area (Å²) in [4.78, 5) is 65.6. The molecule has 1 saturated carbocycles. The molecule has 0 unspecified atom stereocenters. The Labute approximate surface area is 331 Å². The summed E-state index contributed by atoms with van der Waals surface area (Å²) >= 11 is 0. The van der Waals surface area contributed by atoms with Gasteiger partial charge >= 0.3 is 12.1 Å². The van der Waals surface area contributed by atoms with E-state index in [-0.39, 0.29) is 29.8 Å². The van der Waals surface area contributed by atoms with Crippen molar-refractivity contribution in [2.24, 2.45) is 10.7 Å². The van der Waals surface area contributed by atoms with Gasteiger partial charge in [-0.3, -0.25) is 9.59 Å². The third-order valence-corrected chi connectivity index (χ3v) is 10.0. The van der Waals surface area contributed by atoms with Gasteiger partial charge in [0, 0.05) is 19.1 Å². The number of esters is 1. The van der Waals surface area contributed by atoms with Crippen LogP contribution in [0, 0.1) is 0 Å². The van der Waals surface area contributed by atoms with Gasteiger partial charge in [0.15, 0.2) is 12.1 Å². The number of alkyl carbamates (subject to hydrolysis) is 1. The van der Waals surface area contributed by atoms with Crippen LogP contribution in [0.2, 0.25) is 0 Å². The molecular formula is C44H47N5O8. The molecule has 3 amide bonds. The summed E-state index contributed by atoms with van der Waals surface area (Å²) in [5.41, 5.74) is 9.82. The number of nitrogens with one attached hydrogen (secondary N) is 1. The van der Waals surface area contributed by atoms with Crippen molar-refractivity contribution in [1.82, 2.24) is 15.3 Å². The molecule has 1 atom stereocenters. The maximum Gasteiger partial charge on any atom is 0.407 e. The van der Waals surface area contributed by atoms with Gasteiger partial charge in [0.1, 0.15) is 18.0 Å². The van der Waals surface area contributed by atoms with E-state index >= 15 is 0 Å². The lowest BCUT2D eigenvalue weighted by Crippen LogP contribution is -2.42. The molecule has 1 aliphatic carbocycles. The van der Waals surface area contributed by atoms with Crippen molar-refractivity contribution in [2.75, 3.05) is 6.61 Å². The molecule has 7 rings (SSSR count). The van der Waals surface area contributed by atoms with Crippen molar-refractivity contribution in [3.05, 3.63) is 137 Å². The Hall–Kier alpha value is -6.21. The molecule has 57 heavy (non-hydrogen) atoms. The normalized spacial score (nSPS) is 18.6. The van der Waals surface area contributed by atoms with Crippen LogP contribution >= 0.6 is 0 Å². The second-order valence-electron chi connectivity index (χ2n) is 15.4. The number of carbonyl (C=O) groups excluding carboxylic acids is 4. The molecule has 13 nitrogen and oxygen atoms in total. The summed E-state index contributed by atoms with van der Waals surface area (Å²) in [5, 5.41) is 3.57. The Morgan fingerprint density at radius 1 is 0.807 bits per heavy atom. The zero-order valence-corrected chi connectivity index (χ0v) is 32.3. The van der Waals surface area contributed by atoms with Crippen LogP contribution in [0.4, 0.5) is 4.79 Å². The Bertz CT molecular complexity index is 2050. The number of hydrogen-bond donors (Lipinski definition) is 2. The zero-order valence-electron chi connectivity index (χ0n) is 32.3. The van der Waals surface area contributed by atoms with Crippen LogP contribution in [-0.2, 0) is 32.2 Å². The minimum Gasteiger partial charge on any atom is -0.490 e. The number of ether oxygens (including phenoxy) is 3. The number of hydrogen-bond acceptors (Lipinski definition) is 9. The highest BCUT2D eigenvalue weighted by atomic mass is 16.7. The molecule has 2 aliphatic heterocycles. The number of hydroxylamine groups is 2. The van der Waals surface area contributed by atoms with Gasteiger partial charge in [-0.05, 0) is 93.0 Å². The van der Waals surface area contributed by atoms with Gasteiger partial charge in [0.2, 0.25) is 6.10 Å².